The Morgan fingerprint density at radius 1 is 1.56 bits per heavy atom. The van der Waals surface area contributed by atoms with Crippen molar-refractivity contribution in [2.75, 3.05) is 6.61 Å². The lowest BCUT2D eigenvalue weighted by Gasteiger charge is -1.97. The van der Waals surface area contributed by atoms with Crippen molar-refractivity contribution in [3.05, 3.63) is 17.3 Å². The maximum Gasteiger partial charge on any atom is 0.376 e. The molecule has 0 aliphatic carbocycles. The standard InChI is InChI=1S/C9H13N3O4/c1-3-15-9(14)8-5(2)11-7(16-8)4-6(13)12-10/h3-4,10H2,1-2H3,(H,12,13). The molecule has 0 atom stereocenters. The van der Waals surface area contributed by atoms with Crippen molar-refractivity contribution in [2.45, 2.75) is 20.3 Å². The van der Waals surface area contributed by atoms with Crippen LogP contribution in [0.1, 0.15) is 29.1 Å². The number of hydrogen-bond donors (Lipinski definition) is 2. The number of rotatable bonds is 4. The van der Waals surface area contributed by atoms with Crippen LogP contribution >= 0.6 is 0 Å². The molecule has 7 nitrogen and oxygen atoms in total. The quantitative estimate of drug-likeness (QED) is 0.316. The van der Waals surface area contributed by atoms with Gasteiger partial charge in [-0.25, -0.2) is 15.6 Å². The summed E-state index contributed by atoms with van der Waals surface area (Å²) >= 11 is 0. The van der Waals surface area contributed by atoms with Gasteiger partial charge in [-0.2, -0.15) is 0 Å². The average Bonchev–Trinajstić information content (AvgIpc) is 2.59. The second-order valence-corrected chi connectivity index (χ2v) is 2.99. The van der Waals surface area contributed by atoms with Gasteiger partial charge in [0.25, 0.3) is 0 Å². The van der Waals surface area contributed by atoms with Gasteiger partial charge in [-0.15, -0.1) is 0 Å². The van der Waals surface area contributed by atoms with Gasteiger partial charge < -0.3 is 9.15 Å². The van der Waals surface area contributed by atoms with Crippen LogP contribution in [-0.4, -0.2) is 23.5 Å². The molecular weight excluding hydrogens is 214 g/mol. The third-order valence-corrected chi connectivity index (χ3v) is 1.77. The molecule has 0 bridgehead atoms. The van der Waals surface area contributed by atoms with Crippen LogP contribution in [0.2, 0.25) is 0 Å². The Labute approximate surface area is 91.9 Å². The van der Waals surface area contributed by atoms with Crippen LogP contribution in [0.4, 0.5) is 0 Å². The first-order valence-electron chi connectivity index (χ1n) is 4.71. The Morgan fingerprint density at radius 3 is 2.81 bits per heavy atom. The summed E-state index contributed by atoms with van der Waals surface area (Å²) in [5.74, 6) is 4.02. The van der Waals surface area contributed by atoms with Gasteiger partial charge in [0, 0.05) is 0 Å². The Balaban J connectivity index is 2.81. The lowest BCUT2D eigenvalue weighted by molar-refractivity contribution is -0.120. The molecule has 0 saturated heterocycles. The molecule has 3 N–H and O–H groups in total. The van der Waals surface area contributed by atoms with E-state index in [-0.39, 0.29) is 24.7 Å². The van der Waals surface area contributed by atoms with E-state index >= 15 is 0 Å². The lowest BCUT2D eigenvalue weighted by atomic mass is 10.4. The zero-order valence-electron chi connectivity index (χ0n) is 9.07. The second-order valence-electron chi connectivity index (χ2n) is 2.99. The van der Waals surface area contributed by atoms with Crippen molar-refractivity contribution in [3.63, 3.8) is 0 Å². The Bertz CT molecular complexity index is 399. The molecule has 0 saturated carbocycles. The first kappa shape index (κ1) is 12.2. The first-order valence-corrected chi connectivity index (χ1v) is 4.71. The van der Waals surface area contributed by atoms with Crippen molar-refractivity contribution in [3.8, 4) is 0 Å². The second kappa shape index (κ2) is 5.26. The topological polar surface area (TPSA) is 107 Å². The molecule has 16 heavy (non-hydrogen) atoms. The van der Waals surface area contributed by atoms with Crippen LogP contribution in [0.5, 0.6) is 0 Å². The van der Waals surface area contributed by atoms with E-state index in [2.05, 4.69) is 4.98 Å². The summed E-state index contributed by atoms with van der Waals surface area (Å²) < 4.78 is 9.85. The predicted octanol–water partition coefficient (Wildman–Crippen LogP) is -0.308. The highest BCUT2D eigenvalue weighted by Gasteiger charge is 2.19. The first-order chi connectivity index (χ1) is 7.58. The number of esters is 1. The summed E-state index contributed by atoms with van der Waals surface area (Å²) in [6, 6.07) is 0. The normalized spacial score (nSPS) is 9.94. The Hall–Kier alpha value is -1.89. The third-order valence-electron chi connectivity index (χ3n) is 1.77. The van der Waals surface area contributed by atoms with Crippen molar-refractivity contribution >= 4 is 11.9 Å². The van der Waals surface area contributed by atoms with E-state index in [9.17, 15) is 9.59 Å². The van der Waals surface area contributed by atoms with Crippen molar-refractivity contribution < 1.29 is 18.7 Å². The molecule has 0 aliphatic heterocycles. The summed E-state index contributed by atoms with van der Waals surface area (Å²) in [6.45, 7) is 3.53. The van der Waals surface area contributed by atoms with Crippen molar-refractivity contribution in [2.24, 2.45) is 5.84 Å². The summed E-state index contributed by atoms with van der Waals surface area (Å²) in [7, 11) is 0. The molecule has 7 heteroatoms. The molecular formula is C9H13N3O4. The molecule has 1 heterocycles. The number of aromatic nitrogens is 1. The number of nitrogens with zero attached hydrogens (tertiary/aromatic N) is 1. The lowest BCUT2D eigenvalue weighted by Crippen LogP contribution is -2.31. The fourth-order valence-corrected chi connectivity index (χ4v) is 1.10. The van der Waals surface area contributed by atoms with Crippen LogP contribution in [0.3, 0.4) is 0 Å². The molecule has 88 valence electrons. The molecule has 0 aliphatic rings. The van der Waals surface area contributed by atoms with Gasteiger partial charge in [-0.05, 0) is 13.8 Å². The smallest absolute Gasteiger partial charge is 0.376 e. The summed E-state index contributed by atoms with van der Waals surface area (Å²) in [4.78, 5) is 26.2. The van der Waals surface area contributed by atoms with Crippen LogP contribution in [0, 0.1) is 6.92 Å². The Kier molecular flexibility index (Phi) is 4.01. The summed E-state index contributed by atoms with van der Waals surface area (Å²) in [6.07, 6.45) is -0.114. The van der Waals surface area contributed by atoms with Crippen LogP contribution in [-0.2, 0) is 16.0 Å². The summed E-state index contributed by atoms with van der Waals surface area (Å²) in [5.41, 5.74) is 2.33. The maximum absolute atomic E-state index is 11.4. The number of carbonyl (C=O) groups excluding carboxylic acids is 2. The SMILES string of the molecule is CCOC(=O)c1oc(CC(=O)NN)nc1C. The van der Waals surface area contributed by atoms with Gasteiger partial charge in [0.1, 0.15) is 6.42 Å². The monoisotopic (exact) mass is 227 g/mol. The van der Waals surface area contributed by atoms with E-state index < -0.39 is 11.9 Å². The van der Waals surface area contributed by atoms with Gasteiger partial charge in [0.05, 0.1) is 12.3 Å². The highest BCUT2D eigenvalue weighted by atomic mass is 16.5. The molecule has 1 rings (SSSR count). The predicted molar refractivity (Wildman–Crippen MR) is 53.2 cm³/mol. The molecule has 0 unspecified atom stereocenters. The largest absolute Gasteiger partial charge is 0.460 e. The number of hydrogen-bond acceptors (Lipinski definition) is 6. The minimum atomic E-state index is -0.591. The van der Waals surface area contributed by atoms with Gasteiger partial charge in [-0.3, -0.25) is 10.2 Å². The Morgan fingerprint density at radius 2 is 2.25 bits per heavy atom. The zero-order chi connectivity index (χ0) is 12.1. The average molecular weight is 227 g/mol. The van der Waals surface area contributed by atoms with Crippen molar-refractivity contribution in [1.82, 2.24) is 10.4 Å². The molecule has 0 aromatic carbocycles. The number of oxazole rings is 1. The van der Waals surface area contributed by atoms with Crippen LogP contribution in [0.25, 0.3) is 0 Å². The van der Waals surface area contributed by atoms with E-state index in [0.29, 0.717) is 5.69 Å². The van der Waals surface area contributed by atoms with Gasteiger partial charge in [-0.1, -0.05) is 0 Å². The number of ether oxygens (including phenoxy) is 1. The molecule has 0 spiro atoms. The highest BCUT2D eigenvalue weighted by molar-refractivity contribution is 5.87. The van der Waals surface area contributed by atoms with Gasteiger partial charge >= 0.3 is 5.97 Å². The number of aryl methyl sites for hydroxylation is 1. The third kappa shape index (κ3) is 2.80. The zero-order valence-corrected chi connectivity index (χ0v) is 9.07. The molecule has 0 fully saturated rings. The van der Waals surface area contributed by atoms with Gasteiger partial charge in [0.15, 0.2) is 0 Å². The number of carbonyl (C=O) groups is 2. The minimum Gasteiger partial charge on any atom is -0.460 e. The van der Waals surface area contributed by atoms with E-state index in [0.717, 1.165) is 0 Å². The van der Waals surface area contributed by atoms with E-state index in [1.54, 1.807) is 13.8 Å². The maximum atomic E-state index is 11.4. The fraction of sp³-hybridized carbons (Fsp3) is 0.444. The van der Waals surface area contributed by atoms with E-state index in [1.165, 1.54) is 0 Å². The molecule has 1 aromatic rings. The molecule has 1 aromatic heterocycles. The number of hydrazine groups is 1. The number of nitrogens with one attached hydrogen (secondary N) is 1. The minimum absolute atomic E-state index is 0.0154. The number of nitrogens with two attached hydrogens (primary N) is 1. The highest BCUT2D eigenvalue weighted by Crippen LogP contribution is 2.12. The van der Waals surface area contributed by atoms with Crippen molar-refractivity contribution in [1.29, 1.82) is 0 Å². The molecule has 1 amide bonds. The van der Waals surface area contributed by atoms with Crippen LogP contribution in [0.15, 0.2) is 4.42 Å². The fourth-order valence-electron chi connectivity index (χ4n) is 1.10. The van der Waals surface area contributed by atoms with Crippen LogP contribution < -0.4 is 11.3 Å². The summed E-state index contributed by atoms with van der Waals surface area (Å²) in [5, 5.41) is 0. The van der Waals surface area contributed by atoms with E-state index in [1.807, 2.05) is 5.43 Å². The number of amides is 1. The van der Waals surface area contributed by atoms with Gasteiger partial charge in [0.2, 0.25) is 17.6 Å². The van der Waals surface area contributed by atoms with E-state index in [4.69, 9.17) is 15.0 Å². The molecule has 0 radical (unpaired) electrons.